The summed E-state index contributed by atoms with van der Waals surface area (Å²) >= 11 is 7.24. The molecule has 1 unspecified atom stereocenters. The van der Waals surface area contributed by atoms with E-state index in [9.17, 15) is 0 Å². The number of benzene rings is 2. The van der Waals surface area contributed by atoms with E-state index in [2.05, 4.69) is 83.8 Å². The highest BCUT2D eigenvalue weighted by atomic mass is 79.9. The van der Waals surface area contributed by atoms with E-state index in [1.54, 1.807) is 0 Å². The van der Waals surface area contributed by atoms with Gasteiger partial charge in [0.1, 0.15) is 0 Å². The fourth-order valence-electron chi connectivity index (χ4n) is 2.74. The van der Waals surface area contributed by atoms with Gasteiger partial charge in [0.05, 0.1) is 6.04 Å². The SMILES string of the molecule is Cc1cc(C)c(C(N)c2cc(Br)c(C)cc2Br)c(C)c1. The highest BCUT2D eigenvalue weighted by Gasteiger charge is 2.18. The second-order valence-corrected chi connectivity index (χ2v) is 7.12. The molecule has 0 fully saturated rings. The minimum absolute atomic E-state index is 0.123. The molecule has 0 radical (unpaired) electrons. The van der Waals surface area contributed by atoms with Gasteiger partial charge in [-0.25, -0.2) is 0 Å². The predicted octanol–water partition coefficient (Wildman–Crippen LogP) is 5.49. The highest BCUT2D eigenvalue weighted by Crippen LogP contribution is 2.34. The van der Waals surface area contributed by atoms with Gasteiger partial charge in [-0.2, -0.15) is 0 Å². The van der Waals surface area contributed by atoms with Crippen molar-refractivity contribution in [3.8, 4) is 0 Å². The molecule has 1 atom stereocenters. The number of hydrogen-bond donors (Lipinski definition) is 1. The highest BCUT2D eigenvalue weighted by molar-refractivity contribution is 9.11. The maximum Gasteiger partial charge on any atom is 0.0568 e. The molecule has 2 aromatic rings. The van der Waals surface area contributed by atoms with Gasteiger partial charge in [-0.3, -0.25) is 0 Å². The lowest BCUT2D eigenvalue weighted by atomic mass is 9.90. The molecule has 3 heteroatoms. The molecule has 0 amide bonds. The zero-order chi connectivity index (χ0) is 15.0. The van der Waals surface area contributed by atoms with E-state index in [1.165, 1.54) is 27.8 Å². The van der Waals surface area contributed by atoms with Crippen LogP contribution < -0.4 is 5.73 Å². The molecule has 0 aromatic heterocycles. The number of halogens is 2. The van der Waals surface area contributed by atoms with E-state index in [-0.39, 0.29) is 6.04 Å². The van der Waals surface area contributed by atoms with Gasteiger partial charge >= 0.3 is 0 Å². The summed E-state index contributed by atoms with van der Waals surface area (Å²) in [6, 6.07) is 8.49. The van der Waals surface area contributed by atoms with E-state index in [0.717, 1.165) is 14.5 Å². The molecule has 0 aliphatic carbocycles. The molecule has 106 valence electrons. The number of hydrogen-bond acceptors (Lipinski definition) is 1. The van der Waals surface area contributed by atoms with Gasteiger partial charge < -0.3 is 5.73 Å². The molecule has 0 saturated carbocycles. The van der Waals surface area contributed by atoms with Crippen LogP contribution >= 0.6 is 31.9 Å². The molecule has 0 saturated heterocycles. The van der Waals surface area contributed by atoms with Crippen molar-refractivity contribution in [3.63, 3.8) is 0 Å². The molecule has 20 heavy (non-hydrogen) atoms. The zero-order valence-electron chi connectivity index (χ0n) is 12.2. The van der Waals surface area contributed by atoms with Crippen molar-refractivity contribution in [3.05, 3.63) is 66.6 Å². The summed E-state index contributed by atoms with van der Waals surface area (Å²) in [6.45, 7) is 8.46. The van der Waals surface area contributed by atoms with Gasteiger partial charge in [0, 0.05) is 8.95 Å². The molecule has 2 N–H and O–H groups in total. The Hall–Kier alpha value is -0.640. The molecule has 2 aromatic carbocycles. The normalized spacial score (nSPS) is 12.6. The van der Waals surface area contributed by atoms with Gasteiger partial charge in [0.15, 0.2) is 0 Å². The Morgan fingerprint density at radius 2 is 1.35 bits per heavy atom. The Labute approximate surface area is 137 Å². The lowest BCUT2D eigenvalue weighted by Gasteiger charge is -2.21. The second-order valence-electron chi connectivity index (χ2n) is 5.41. The van der Waals surface area contributed by atoms with Crippen LogP contribution in [0.5, 0.6) is 0 Å². The average Bonchev–Trinajstić information content (AvgIpc) is 2.32. The standard InChI is InChI=1S/C17H19Br2N/c1-9-5-11(3)16(12(4)6-9)17(20)13-8-14(18)10(2)7-15(13)19/h5-8,17H,20H2,1-4H3. The van der Waals surface area contributed by atoms with Crippen LogP contribution in [-0.4, -0.2) is 0 Å². The van der Waals surface area contributed by atoms with Crippen LogP contribution in [0.2, 0.25) is 0 Å². The first-order chi connectivity index (χ1) is 9.31. The van der Waals surface area contributed by atoms with Crippen LogP contribution in [0.25, 0.3) is 0 Å². The quantitative estimate of drug-likeness (QED) is 0.713. The summed E-state index contributed by atoms with van der Waals surface area (Å²) in [6.07, 6.45) is 0. The summed E-state index contributed by atoms with van der Waals surface area (Å²) in [5.41, 5.74) is 13.8. The third-order valence-electron chi connectivity index (χ3n) is 3.66. The van der Waals surface area contributed by atoms with E-state index in [0.29, 0.717) is 0 Å². The number of nitrogens with two attached hydrogens (primary N) is 1. The van der Waals surface area contributed by atoms with Gasteiger partial charge in [-0.05, 0) is 67.6 Å². The Kier molecular flexibility index (Phi) is 4.73. The first-order valence-electron chi connectivity index (χ1n) is 6.60. The predicted molar refractivity (Wildman–Crippen MR) is 93.3 cm³/mol. The minimum atomic E-state index is -0.123. The molecule has 0 aliphatic heterocycles. The van der Waals surface area contributed by atoms with Gasteiger partial charge in [-0.15, -0.1) is 0 Å². The monoisotopic (exact) mass is 395 g/mol. The van der Waals surface area contributed by atoms with Crippen LogP contribution in [-0.2, 0) is 0 Å². The Bertz CT molecular complexity index is 639. The van der Waals surface area contributed by atoms with Crippen LogP contribution in [0.15, 0.2) is 33.2 Å². The molecular weight excluding hydrogens is 378 g/mol. The molecule has 1 nitrogen and oxygen atoms in total. The Morgan fingerprint density at radius 1 is 0.800 bits per heavy atom. The number of rotatable bonds is 2. The second kappa shape index (κ2) is 6.00. The summed E-state index contributed by atoms with van der Waals surface area (Å²) in [4.78, 5) is 0. The van der Waals surface area contributed by atoms with E-state index >= 15 is 0 Å². The van der Waals surface area contributed by atoms with Crippen molar-refractivity contribution in [2.75, 3.05) is 0 Å². The third kappa shape index (κ3) is 3.00. The Morgan fingerprint density at radius 3 is 1.90 bits per heavy atom. The van der Waals surface area contributed by atoms with Crippen LogP contribution in [0.1, 0.15) is 39.4 Å². The summed E-state index contributed by atoms with van der Waals surface area (Å²) < 4.78 is 2.15. The summed E-state index contributed by atoms with van der Waals surface area (Å²) in [5, 5.41) is 0. The summed E-state index contributed by atoms with van der Waals surface area (Å²) in [7, 11) is 0. The smallest absolute Gasteiger partial charge is 0.0568 e. The van der Waals surface area contributed by atoms with Gasteiger partial charge in [0.25, 0.3) is 0 Å². The minimum Gasteiger partial charge on any atom is -0.320 e. The topological polar surface area (TPSA) is 26.0 Å². The van der Waals surface area contributed by atoms with E-state index in [4.69, 9.17) is 5.73 Å². The molecule has 0 aliphatic rings. The average molecular weight is 397 g/mol. The van der Waals surface area contributed by atoms with E-state index < -0.39 is 0 Å². The zero-order valence-corrected chi connectivity index (χ0v) is 15.4. The summed E-state index contributed by atoms with van der Waals surface area (Å²) in [5.74, 6) is 0. The van der Waals surface area contributed by atoms with Crippen molar-refractivity contribution >= 4 is 31.9 Å². The molecule has 0 heterocycles. The first kappa shape index (κ1) is 15.7. The van der Waals surface area contributed by atoms with Crippen molar-refractivity contribution in [2.45, 2.75) is 33.7 Å². The molecule has 0 spiro atoms. The largest absolute Gasteiger partial charge is 0.320 e. The van der Waals surface area contributed by atoms with Crippen LogP contribution in [0, 0.1) is 27.7 Å². The van der Waals surface area contributed by atoms with Crippen molar-refractivity contribution in [1.29, 1.82) is 0 Å². The van der Waals surface area contributed by atoms with Crippen molar-refractivity contribution in [2.24, 2.45) is 5.73 Å². The fourth-order valence-corrected chi connectivity index (χ4v) is 3.80. The van der Waals surface area contributed by atoms with Gasteiger partial charge in [0.2, 0.25) is 0 Å². The van der Waals surface area contributed by atoms with Crippen LogP contribution in [0.4, 0.5) is 0 Å². The van der Waals surface area contributed by atoms with Crippen molar-refractivity contribution in [1.82, 2.24) is 0 Å². The lowest BCUT2D eigenvalue weighted by Crippen LogP contribution is -2.16. The number of aryl methyl sites for hydroxylation is 4. The van der Waals surface area contributed by atoms with E-state index in [1.807, 2.05) is 0 Å². The Balaban J connectivity index is 2.57. The maximum absolute atomic E-state index is 6.54. The van der Waals surface area contributed by atoms with Crippen LogP contribution in [0.3, 0.4) is 0 Å². The molecular formula is C17H19Br2N. The lowest BCUT2D eigenvalue weighted by molar-refractivity contribution is 0.843. The molecule has 0 bridgehead atoms. The molecule has 2 rings (SSSR count). The third-order valence-corrected chi connectivity index (χ3v) is 5.20. The first-order valence-corrected chi connectivity index (χ1v) is 8.18. The maximum atomic E-state index is 6.54. The van der Waals surface area contributed by atoms with Crippen molar-refractivity contribution < 1.29 is 0 Å². The van der Waals surface area contributed by atoms with Gasteiger partial charge in [-0.1, -0.05) is 49.6 Å². The fraction of sp³-hybridized carbons (Fsp3) is 0.294.